The average Bonchev–Trinajstić information content (AvgIpc) is 2.73. The second kappa shape index (κ2) is 6.47. The minimum Gasteiger partial charge on any atom is -0.246 e. The van der Waals surface area contributed by atoms with Gasteiger partial charge in [0.15, 0.2) is 0 Å². The van der Waals surface area contributed by atoms with Gasteiger partial charge in [0.25, 0.3) is 0 Å². The van der Waals surface area contributed by atoms with Gasteiger partial charge < -0.3 is 0 Å². The largest absolute Gasteiger partial charge is 0.352 e. The van der Waals surface area contributed by atoms with Crippen molar-refractivity contribution in [3.63, 3.8) is 0 Å². The number of hydrogen-bond acceptors (Lipinski definition) is 2. The molecular weight excluding hydrogens is 278 g/mol. The zero-order valence-corrected chi connectivity index (χ0v) is 13.4. The SMILES string of the molecule is C/C=C\C(=C/C)Cn1c(=O)[nH]n(-c2cc(C)cc(C)c2)c1=O. The van der Waals surface area contributed by atoms with E-state index in [1.807, 2.05) is 64.1 Å². The van der Waals surface area contributed by atoms with Crippen LogP contribution in [0.15, 0.2) is 51.6 Å². The van der Waals surface area contributed by atoms with Crippen LogP contribution in [0.4, 0.5) is 0 Å². The number of nitrogens with one attached hydrogen (secondary N) is 1. The van der Waals surface area contributed by atoms with Crippen molar-refractivity contribution in [2.75, 3.05) is 0 Å². The fraction of sp³-hybridized carbons (Fsp3) is 0.294. The second-order valence-electron chi connectivity index (χ2n) is 5.33. The Morgan fingerprint density at radius 1 is 1.14 bits per heavy atom. The van der Waals surface area contributed by atoms with E-state index in [1.54, 1.807) is 0 Å². The van der Waals surface area contributed by atoms with Crippen LogP contribution in [0.1, 0.15) is 25.0 Å². The Morgan fingerprint density at radius 2 is 1.77 bits per heavy atom. The first-order chi connectivity index (χ1) is 10.5. The Labute approximate surface area is 129 Å². The number of nitrogens with zero attached hydrogens (tertiary/aromatic N) is 2. The third-order valence-corrected chi connectivity index (χ3v) is 3.43. The smallest absolute Gasteiger partial charge is 0.246 e. The summed E-state index contributed by atoms with van der Waals surface area (Å²) in [5, 5.41) is 2.62. The first-order valence-corrected chi connectivity index (χ1v) is 7.24. The molecule has 0 saturated carbocycles. The van der Waals surface area contributed by atoms with Crippen molar-refractivity contribution in [2.45, 2.75) is 34.2 Å². The third-order valence-electron chi connectivity index (χ3n) is 3.43. The molecule has 0 aliphatic rings. The summed E-state index contributed by atoms with van der Waals surface area (Å²) < 4.78 is 2.50. The molecule has 0 spiro atoms. The van der Waals surface area contributed by atoms with Crippen molar-refractivity contribution in [2.24, 2.45) is 0 Å². The van der Waals surface area contributed by atoms with E-state index >= 15 is 0 Å². The normalized spacial score (nSPS) is 12.3. The molecule has 0 bridgehead atoms. The molecule has 2 aromatic rings. The van der Waals surface area contributed by atoms with Gasteiger partial charge in [-0.05, 0) is 56.5 Å². The quantitative estimate of drug-likeness (QED) is 0.882. The van der Waals surface area contributed by atoms with Crippen molar-refractivity contribution in [1.29, 1.82) is 0 Å². The number of allylic oxidation sites excluding steroid dienone is 4. The summed E-state index contributed by atoms with van der Waals surface area (Å²) in [6.45, 7) is 7.96. The number of H-pyrrole nitrogens is 1. The molecule has 5 nitrogen and oxygen atoms in total. The highest BCUT2D eigenvalue weighted by Gasteiger charge is 2.11. The summed E-state index contributed by atoms with van der Waals surface area (Å²) >= 11 is 0. The topological polar surface area (TPSA) is 59.8 Å². The van der Waals surface area contributed by atoms with E-state index in [9.17, 15) is 9.59 Å². The zero-order chi connectivity index (χ0) is 16.3. The van der Waals surface area contributed by atoms with E-state index in [0.717, 1.165) is 16.7 Å². The molecule has 0 aliphatic carbocycles. The number of aryl methyl sites for hydroxylation is 2. The van der Waals surface area contributed by atoms with Crippen LogP contribution < -0.4 is 11.4 Å². The molecule has 2 rings (SSSR count). The summed E-state index contributed by atoms with van der Waals surface area (Å²) in [5.74, 6) is 0. The monoisotopic (exact) mass is 299 g/mol. The number of hydrogen-bond donors (Lipinski definition) is 1. The average molecular weight is 299 g/mol. The highest BCUT2D eigenvalue weighted by molar-refractivity contribution is 5.38. The zero-order valence-electron chi connectivity index (χ0n) is 13.4. The molecule has 1 aromatic carbocycles. The van der Waals surface area contributed by atoms with Gasteiger partial charge in [-0.15, -0.1) is 0 Å². The van der Waals surface area contributed by atoms with Gasteiger partial charge >= 0.3 is 11.4 Å². The lowest BCUT2D eigenvalue weighted by Gasteiger charge is -2.04. The maximum absolute atomic E-state index is 12.5. The number of aromatic nitrogens is 3. The molecule has 1 heterocycles. The van der Waals surface area contributed by atoms with Crippen molar-refractivity contribution in [3.8, 4) is 5.69 Å². The first-order valence-electron chi connectivity index (χ1n) is 7.24. The van der Waals surface area contributed by atoms with E-state index < -0.39 is 5.69 Å². The molecular formula is C17H21N3O2. The van der Waals surface area contributed by atoms with Crippen LogP contribution in [0.2, 0.25) is 0 Å². The van der Waals surface area contributed by atoms with E-state index in [2.05, 4.69) is 5.10 Å². The summed E-state index contributed by atoms with van der Waals surface area (Å²) in [5.41, 5.74) is 2.89. The maximum atomic E-state index is 12.5. The van der Waals surface area contributed by atoms with Crippen LogP contribution in [0, 0.1) is 13.8 Å². The number of benzene rings is 1. The fourth-order valence-electron chi connectivity index (χ4n) is 2.44. The van der Waals surface area contributed by atoms with Crippen LogP contribution >= 0.6 is 0 Å². The molecule has 1 N–H and O–H groups in total. The van der Waals surface area contributed by atoms with Gasteiger partial charge in [-0.25, -0.2) is 23.9 Å². The minimum absolute atomic E-state index is 0.257. The fourth-order valence-corrected chi connectivity index (χ4v) is 2.44. The third kappa shape index (κ3) is 3.19. The molecule has 1 aromatic heterocycles. The predicted octanol–water partition coefficient (Wildman–Crippen LogP) is 2.47. The number of rotatable bonds is 4. The van der Waals surface area contributed by atoms with Crippen LogP contribution in [-0.2, 0) is 6.54 Å². The van der Waals surface area contributed by atoms with Crippen LogP contribution in [0.5, 0.6) is 0 Å². The van der Waals surface area contributed by atoms with Crippen molar-refractivity contribution in [1.82, 2.24) is 14.3 Å². The molecule has 0 atom stereocenters. The summed E-state index contributed by atoms with van der Waals surface area (Å²) in [6, 6.07) is 5.77. The lowest BCUT2D eigenvalue weighted by Crippen LogP contribution is -2.29. The highest BCUT2D eigenvalue weighted by Crippen LogP contribution is 2.10. The van der Waals surface area contributed by atoms with E-state index in [4.69, 9.17) is 0 Å². The first kappa shape index (κ1) is 15.8. The van der Waals surface area contributed by atoms with Gasteiger partial charge in [0.05, 0.1) is 12.2 Å². The van der Waals surface area contributed by atoms with Crippen LogP contribution in [-0.4, -0.2) is 14.3 Å². The molecule has 0 saturated heterocycles. The Balaban J connectivity index is 2.52. The van der Waals surface area contributed by atoms with Gasteiger partial charge in [-0.1, -0.05) is 24.3 Å². The standard InChI is InChI=1S/C17H21N3O2/c1-5-7-14(6-2)11-19-16(21)18-20(17(19)22)15-9-12(3)8-13(4)10-15/h5-10H,11H2,1-4H3,(H,18,21)/b7-5-,14-6+. The summed E-state index contributed by atoms with van der Waals surface area (Å²) in [7, 11) is 0. The molecule has 0 aliphatic heterocycles. The predicted molar refractivity (Wildman–Crippen MR) is 88.7 cm³/mol. The summed E-state index contributed by atoms with van der Waals surface area (Å²) in [4.78, 5) is 24.6. The molecule has 0 radical (unpaired) electrons. The van der Waals surface area contributed by atoms with Gasteiger partial charge in [0, 0.05) is 0 Å². The lowest BCUT2D eigenvalue weighted by molar-refractivity contribution is 0.721. The Morgan fingerprint density at radius 3 is 2.32 bits per heavy atom. The van der Waals surface area contributed by atoms with E-state index in [0.29, 0.717) is 5.69 Å². The van der Waals surface area contributed by atoms with Gasteiger partial charge in [0.1, 0.15) is 0 Å². The molecule has 22 heavy (non-hydrogen) atoms. The van der Waals surface area contributed by atoms with Crippen molar-refractivity contribution >= 4 is 0 Å². The summed E-state index contributed by atoms with van der Waals surface area (Å²) in [6.07, 6.45) is 5.66. The molecule has 0 fully saturated rings. The van der Waals surface area contributed by atoms with Gasteiger partial charge in [-0.2, -0.15) is 0 Å². The van der Waals surface area contributed by atoms with Gasteiger partial charge in [-0.3, -0.25) is 0 Å². The minimum atomic E-state index is -0.409. The van der Waals surface area contributed by atoms with Gasteiger partial charge in [0.2, 0.25) is 0 Å². The maximum Gasteiger partial charge on any atom is 0.352 e. The molecule has 0 unspecified atom stereocenters. The van der Waals surface area contributed by atoms with Crippen molar-refractivity contribution in [3.05, 3.63) is 74.1 Å². The van der Waals surface area contributed by atoms with E-state index in [-0.39, 0.29) is 12.2 Å². The molecule has 0 amide bonds. The lowest BCUT2D eigenvalue weighted by atomic mass is 10.1. The Bertz CT molecular complexity index is 827. The highest BCUT2D eigenvalue weighted by atomic mass is 16.2. The molecule has 116 valence electrons. The number of aromatic amines is 1. The van der Waals surface area contributed by atoms with Crippen LogP contribution in [0.25, 0.3) is 5.69 Å². The Kier molecular flexibility index (Phi) is 4.65. The Hall–Kier alpha value is -2.56. The molecule has 5 heteroatoms. The van der Waals surface area contributed by atoms with Crippen molar-refractivity contribution < 1.29 is 0 Å². The van der Waals surface area contributed by atoms with E-state index in [1.165, 1.54) is 9.25 Å². The van der Waals surface area contributed by atoms with Crippen LogP contribution in [0.3, 0.4) is 0 Å². The second-order valence-corrected chi connectivity index (χ2v) is 5.33.